The van der Waals surface area contributed by atoms with E-state index >= 15 is 0 Å². The molecule has 1 fully saturated rings. The molecule has 0 spiro atoms. The highest BCUT2D eigenvalue weighted by Crippen LogP contribution is 2.28. The third-order valence-corrected chi connectivity index (χ3v) is 2.52. The average Bonchev–Trinajstić information content (AvgIpc) is 2.93. The molecular weight excluding hydrogens is 181 g/mol. The molecule has 1 aromatic carbocycles. The highest BCUT2D eigenvalue weighted by Gasteiger charge is 2.24. The fourth-order valence-electron chi connectivity index (χ4n) is 1.57. The van der Waals surface area contributed by atoms with E-state index in [1.54, 1.807) is 0 Å². The lowest BCUT2D eigenvalue weighted by Gasteiger charge is -2.14. The van der Waals surface area contributed by atoms with Crippen LogP contribution in [0.3, 0.4) is 0 Å². The summed E-state index contributed by atoms with van der Waals surface area (Å²) >= 11 is 0. The van der Waals surface area contributed by atoms with Crippen LogP contribution in [0.25, 0.3) is 0 Å². The Bertz CT molecular complexity index is 336. The number of halogens is 1. The van der Waals surface area contributed by atoms with Gasteiger partial charge in [-0.2, -0.15) is 0 Å². The summed E-state index contributed by atoms with van der Waals surface area (Å²) in [5.41, 5.74) is 0.636. The van der Waals surface area contributed by atoms with Gasteiger partial charge in [-0.1, -0.05) is 0 Å². The van der Waals surface area contributed by atoms with Gasteiger partial charge in [0, 0.05) is 17.6 Å². The van der Waals surface area contributed by atoms with Crippen LogP contribution < -0.4 is 5.32 Å². The molecule has 0 radical (unpaired) electrons. The topological polar surface area (TPSA) is 32.3 Å². The highest BCUT2D eigenvalue weighted by molar-refractivity contribution is 5.35. The normalized spacial score (nSPS) is 18.1. The van der Waals surface area contributed by atoms with Crippen molar-refractivity contribution < 1.29 is 9.50 Å². The molecule has 1 atom stereocenters. The van der Waals surface area contributed by atoms with Gasteiger partial charge in [0.05, 0.1) is 0 Å². The third kappa shape index (κ3) is 2.04. The van der Waals surface area contributed by atoms with E-state index in [1.165, 1.54) is 31.0 Å². The highest BCUT2D eigenvalue weighted by atomic mass is 19.1. The maximum absolute atomic E-state index is 12.9. The first kappa shape index (κ1) is 9.46. The molecule has 0 saturated heterocycles. The van der Waals surface area contributed by atoms with E-state index in [0.717, 1.165) is 0 Å². The zero-order valence-corrected chi connectivity index (χ0v) is 8.13. The maximum atomic E-state index is 12.9. The van der Waals surface area contributed by atoms with Crippen LogP contribution in [0.5, 0.6) is 5.75 Å². The number of aromatic hydroxyl groups is 1. The minimum Gasteiger partial charge on any atom is -0.508 e. The van der Waals surface area contributed by atoms with Crippen LogP contribution in [0.4, 0.5) is 4.39 Å². The number of hydrogen-bond acceptors (Lipinski definition) is 2. The molecule has 76 valence electrons. The van der Waals surface area contributed by atoms with Crippen molar-refractivity contribution in [2.24, 2.45) is 0 Å². The van der Waals surface area contributed by atoms with E-state index in [9.17, 15) is 9.50 Å². The fraction of sp³-hybridized carbons (Fsp3) is 0.455. The Hall–Kier alpha value is -1.09. The summed E-state index contributed by atoms with van der Waals surface area (Å²) in [6.07, 6.45) is 2.36. The molecular formula is C11H14FNO. The van der Waals surface area contributed by atoms with E-state index in [2.05, 4.69) is 5.32 Å². The van der Waals surface area contributed by atoms with Gasteiger partial charge < -0.3 is 10.4 Å². The second-order valence-electron chi connectivity index (χ2n) is 3.87. The quantitative estimate of drug-likeness (QED) is 0.776. The van der Waals surface area contributed by atoms with Gasteiger partial charge in [0.1, 0.15) is 11.6 Å². The zero-order chi connectivity index (χ0) is 10.1. The first-order chi connectivity index (χ1) is 6.66. The maximum Gasteiger partial charge on any atom is 0.123 e. The SMILES string of the molecule is CC(NC1CC1)c1cc(F)ccc1O. The Labute approximate surface area is 82.8 Å². The second kappa shape index (κ2) is 3.58. The molecule has 1 aliphatic rings. The Morgan fingerprint density at radius 2 is 2.21 bits per heavy atom. The predicted octanol–water partition coefficient (Wildman–Crippen LogP) is 2.34. The molecule has 2 N–H and O–H groups in total. The molecule has 3 heteroatoms. The molecule has 0 heterocycles. The molecule has 1 aliphatic carbocycles. The Morgan fingerprint density at radius 1 is 1.50 bits per heavy atom. The fourth-order valence-corrected chi connectivity index (χ4v) is 1.57. The van der Waals surface area contributed by atoms with Crippen molar-refractivity contribution in [3.63, 3.8) is 0 Å². The number of phenols is 1. The van der Waals surface area contributed by atoms with Gasteiger partial charge in [-0.3, -0.25) is 0 Å². The van der Waals surface area contributed by atoms with Crippen LogP contribution in [-0.4, -0.2) is 11.1 Å². The summed E-state index contributed by atoms with van der Waals surface area (Å²) in [4.78, 5) is 0. The van der Waals surface area contributed by atoms with E-state index in [4.69, 9.17) is 0 Å². The van der Waals surface area contributed by atoms with Crippen molar-refractivity contribution in [1.29, 1.82) is 0 Å². The summed E-state index contributed by atoms with van der Waals surface area (Å²) in [5.74, 6) is -0.144. The molecule has 2 nitrogen and oxygen atoms in total. The van der Waals surface area contributed by atoms with Crippen molar-refractivity contribution >= 4 is 0 Å². The van der Waals surface area contributed by atoms with Gasteiger partial charge in [-0.25, -0.2) is 4.39 Å². The number of phenolic OH excluding ortho intramolecular Hbond substituents is 1. The molecule has 2 rings (SSSR count). The first-order valence-electron chi connectivity index (χ1n) is 4.91. The van der Waals surface area contributed by atoms with Gasteiger partial charge in [-0.15, -0.1) is 0 Å². The van der Waals surface area contributed by atoms with Gasteiger partial charge >= 0.3 is 0 Å². The summed E-state index contributed by atoms with van der Waals surface area (Å²) in [6.45, 7) is 1.94. The van der Waals surface area contributed by atoms with Crippen LogP contribution in [0, 0.1) is 5.82 Å². The third-order valence-electron chi connectivity index (χ3n) is 2.52. The van der Waals surface area contributed by atoms with Crippen molar-refractivity contribution in [3.8, 4) is 5.75 Å². The van der Waals surface area contributed by atoms with E-state index in [0.29, 0.717) is 11.6 Å². The van der Waals surface area contributed by atoms with Gasteiger partial charge in [0.2, 0.25) is 0 Å². The van der Waals surface area contributed by atoms with Gasteiger partial charge in [-0.05, 0) is 38.0 Å². The smallest absolute Gasteiger partial charge is 0.123 e. The Morgan fingerprint density at radius 3 is 2.86 bits per heavy atom. The first-order valence-corrected chi connectivity index (χ1v) is 4.91. The molecule has 1 unspecified atom stereocenters. The van der Waals surface area contributed by atoms with Crippen LogP contribution >= 0.6 is 0 Å². The summed E-state index contributed by atoms with van der Waals surface area (Å²) in [5, 5.41) is 12.8. The minimum absolute atomic E-state index is 0.0122. The van der Waals surface area contributed by atoms with Crippen LogP contribution in [0.2, 0.25) is 0 Å². The summed E-state index contributed by atoms with van der Waals surface area (Å²) in [7, 11) is 0. The molecule has 1 aromatic rings. The molecule has 0 amide bonds. The van der Waals surface area contributed by atoms with E-state index in [1.807, 2.05) is 6.92 Å². The lowest BCUT2D eigenvalue weighted by molar-refractivity contribution is 0.448. The van der Waals surface area contributed by atoms with E-state index in [-0.39, 0.29) is 17.6 Å². The second-order valence-corrected chi connectivity index (χ2v) is 3.87. The molecule has 0 bridgehead atoms. The summed E-state index contributed by atoms with van der Waals surface area (Å²) in [6, 6.07) is 4.61. The number of nitrogens with one attached hydrogen (secondary N) is 1. The van der Waals surface area contributed by atoms with Crippen LogP contribution in [0.1, 0.15) is 31.4 Å². The number of rotatable bonds is 3. The van der Waals surface area contributed by atoms with Crippen molar-refractivity contribution in [2.45, 2.75) is 31.8 Å². The Kier molecular flexibility index (Phi) is 2.42. The molecule has 1 saturated carbocycles. The van der Waals surface area contributed by atoms with E-state index < -0.39 is 0 Å². The predicted molar refractivity (Wildman–Crippen MR) is 52.6 cm³/mol. The number of benzene rings is 1. The largest absolute Gasteiger partial charge is 0.508 e. The minimum atomic E-state index is -0.303. The van der Waals surface area contributed by atoms with Crippen molar-refractivity contribution in [1.82, 2.24) is 5.32 Å². The lowest BCUT2D eigenvalue weighted by Crippen LogP contribution is -2.20. The molecule has 0 aliphatic heterocycles. The van der Waals surface area contributed by atoms with Gasteiger partial charge in [0.15, 0.2) is 0 Å². The average molecular weight is 195 g/mol. The van der Waals surface area contributed by atoms with Gasteiger partial charge in [0.25, 0.3) is 0 Å². The number of hydrogen-bond donors (Lipinski definition) is 2. The monoisotopic (exact) mass is 195 g/mol. The standard InChI is InChI=1S/C11H14FNO/c1-7(13-9-3-4-9)10-6-8(12)2-5-11(10)14/h2,5-7,9,13-14H,3-4H2,1H3. The van der Waals surface area contributed by atoms with Crippen LogP contribution in [0.15, 0.2) is 18.2 Å². The molecule has 14 heavy (non-hydrogen) atoms. The van der Waals surface area contributed by atoms with Crippen LogP contribution in [-0.2, 0) is 0 Å². The lowest BCUT2D eigenvalue weighted by atomic mass is 10.1. The zero-order valence-electron chi connectivity index (χ0n) is 8.13. The molecule has 0 aromatic heterocycles. The van der Waals surface area contributed by atoms with Crippen molar-refractivity contribution in [3.05, 3.63) is 29.6 Å². The van der Waals surface area contributed by atoms with Crippen molar-refractivity contribution in [2.75, 3.05) is 0 Å². The summed E-state index contributed by atoms with van der Waals surface area (Å²) < 4.78 is 12.9. The Balaban J connectivity index is 2.15.